The van der Waals surface area contributed by atoms with E-state index in [2.05, 4.69) is 41.5 Å². The number of hydrogen-bond acceptors (Lipinski definition) is 1. The van der Waals surface area contributed by atoms with E-state index in [1.165, 1.54) is 30.7 Å². The topological polar surface area (TPSA) is 20.2 Å². The Balaban J connectivity index is 4.74. The summed E-state index contributed by atoms with van der Waals surface area (Å²) in [6, 6.07) is 0. The molecule has 110 valence electrons. The molecule has 0 aliphatic rings. The molecule has 0 heterocycles. The second-order valence-electron chi connectivity index (χ2n) is 7.23. The first-order chi connectivity index (χ1) is 8.31. The highest BCUT2D eigenvalue weighted by molar-refractivity contribution is 4.56. The third-order valence-electron chi connectivity index (χ3n) is 3.30. The van der Waals surface area contributed by atoms with Gasteiger partial charge in [0.2, 0.25) is 0 Å². The van der Waals surface area contributed by atoms with Crippen LogP contribution in [0.15, 0.2) is 0 Å². The second-order valence-corrected chi connectivity index (χ2v) is 7.23. The predicted octanol–water partition coefficient (Wildman–Crippen LogP) is 3.54. The Hall–Kier alpha value is -0.0800. The average molecular weight is 258 g/mol. The minimum Gasteiger partial charge on any atom is -0.396 e. The van der Waals surface area contributed by atoms with Crippen LogP contribution in [0.3, 0.4) is 0 Å². The van der Waals surface area contributed by atoms with Crippen molar-refractivity contribution in [2.45, 2.75) is 54.4 Å². The van der Waals surface area contributed by atoms with Crippen LogP contribution in [0, 0.1) is 17.8 Å². The molecule has 0 aliphatic carbocycles. The van der Waals surface area contributed by atoms with Crippen LogP contribution in [0.2, 0.25) is 0 Å². The molecule has 0 spiro atoms. The molecule has 0 amide bonds. The largest absolute Gasteiger partial charge is 0.396 e. The molecule has 2 heteroatoms. The summed E-state index contributed by atoms with van der Waals surface area (Å²) in [5.41, 5.74) is 0. The number of unbranched alkanes of at least 4 members (excludes halogenated alkanes) is 1. The van der Waals surface area contributed by atoms with Crippen molar-refractivity contribution < 1.29 is 9.59 Å². The van der Waals surface area contributed by atoms with Crippen LogP contribution in [0.25, 0.3) is 0 Å². The molecule has 0 radical (unpaired) electrons. The van der Waals surface area contributed by atoms with Gasteiger partial charge in [-0.2, -0.15) is 0 Å². The zero-order chi connectivity index (χ0) is 14.2. The molecule has 0 aromatic rings. The third-order valence-corrected chi connectivity index (χ3v) is 3.30. The Bertz CT molecular complexity index is 173. The molecule has 0 fully saturated rings. The second kappa shape index (κ2) is 8.92. The molecule has 1 N–H and O–H groups in total. The zero-order valence-electron chi connectivity index (χ0n) is 13.6. The van der Waals surface area contributed by atoms with E-state index in [0.717, 1.165) is 30.6 Å². The standard InChI is InChI=1S/C16H36NO/c1-14(2)11-17(12-15(3)4,13-16(5)6)9-7-8-10-18/h14-16,18H,7-13H2,1-6H3/q+1. The van der Waals surface area contributed by atoms with Crippen molar-refractivity contribution in [1.82, 2.24) is 0 Å². The van der Waals surface area contributed by atoms with Crippen LogP contribution in [0.1, 0.15) is 54.4 Å². The lowest BCUT2D eigenvalue weighted by Gasteiger charge is -2.43. The van der Waals surface area contributed by atoms with E-state index >= 15 is 0 Å². The van der Waals surface area contributed by atoms with E-state index < -0.39 is 0 Å². The fourth-order valence-corrected chi connectivity index (χ4v) is 3.38. The normalized spacial score (nSPS) is 13.0. The van der Waals surface area contributed by atoms with Gasteiger partial charge in [0.25, 0.3) is 0 Å². The first kappa shape index (κ1) is 17.9. The summed E-state index contributed by atoms with van der Waals surface area (Å²) in [6.45, 7) is 19.4. The number of nitrogens with zero attached hydrogens (tertiary/aromatic N) is 1. The van der Waals surface area contributed by atoms with E-state index in [-0.39, 0.29) is 0 Å². The van der Waals surface area contributed by atoms with E-state index in [1.54, 1.807) is 0 Å². The van der Waals surface area contributed by atoms with Crippen LogP contribution in [-0.4, -0.2) is 42.4 Å². The van der Waals surface area contributed by atoms with Crippen LogP contribution >= 0.6 is 0 Å². The van der Waals surface area contributed by atoms with Gasteiger partial charge in [-0.3, -0.25) is 0 Å². The van der Waals surface area contributed by atoms with Crippen molar-refractivity contribution in [2.24, 2.45) is 17.8 Å². The smallest absolute Gasteiger partial charge is 0.0810 e. The molecule has 0 saturated carbocycles. The number of hydrogen-bond donors (Lipinski definition) is 1. The summed E-state index contributed by atoms with van der Waals surface area (Å²) < 4.78 is 1.24. The van der Waals surface area contributed by atoms with E-state index in [1.807, 2.05) is 0 Å². The molecule has 0 rings (SSSR count). The Morgan fingerprint density at radius 1 is 0.722 bits per heavy atom. The van der Waals surface area contributed by atoms with Gasteiger partial charge in [-0.15, -0.1) is 0 Å². The SMILES string of the molecule is CC(C)C[N+](CCCCO)(CC(C)C)CC(C)C. The Morgan fingerprint density at radius 2 is 1.11 bits per heavy atom. The maximum atomic E-state index is 9.00. The highest BCUT2D eigenvalue weighted by Gasteiger charge is 2.29. The molecule has 0 aliphatic heterocycles. The van der Waals surface area contributed by atoms with Crippen molar-refractivity contribution in [3.8, 4) is 0 Å². The van der Waals surface area contributed by atoms with Gasteiger partial charge in [-0.25, -0.2) is 0 Å². The fourth-order valence-electron chi connectivity index (χ4n) is 3.38. The zero-order valence-corrected chi connectivity index (χ0v) is 13.6. The summed E-state index contributed by atoms with van der Waals surface area (Å²) in [6.07, 6.45) is 2.11. The van der Waals surface area contributed by atoms with Crippen LogP contribution in [0.4, 0.5) is 0 Å². The number of aliphatic hydroxyl groups is 1. The summed E-state index contributed by atoms with van der Waals surface area (Å²) in [4.78, 5) is 0. The molecule has 0 saturated heterocycles. The van der Waals surface area contributed by atoms with Gasteiger partial charge >= 0.3 is 0 Å². The molecule has 0 aromatic heterocycles. The van der Waals surface area contributed by atoms with E-state index in [9.17, 15) is 0 Å². The van der Waals surface area contributed by atoms with Gasteiger partial charge in [0.15, 0.2) is 0 Å². The summed E-state index contributed by atoms with van der Waals surface area (Å²) in [7, 11) is 0. The van der Waals surface area contributed by atoms with Gasteiger partial charge in [0, 0.05) is 24.4 Å². The van der Waals surface area contributed by atoms with E-state index in [4.69, 9.17) is 5.11 Å². The Morgan fingerprint density at radius 3 is 1.39 bits per heavy atom. The van der Waals surface area contributed by atoms with Crippen molar-refractivity contribution in [1.29, 1.82) is 0 Å². The molecular weight excluding hydrogens is 222 g/mol. The van der Waals surface area contributed by atoms with Crippen molar-refractivity contribution in [2.75, 3.05) is 32.8 Å². The van der Waals surface area contributed by atoms with Gasteiger partial charge in [0.1, 0.15) is 0 Å². The van der Waals surface area contributed by atoms with Crippen LogP contribution in [0.5, 0.6) is 0 Å². The Kier molecular flexibility index (Phi) is 8.89. The number of rotatable bonds is 10. The maximum absolute atomic E-state index is 9.00. The highest BCUT2D eigenvalue weighted by atomic mass is 16.2. The molecule has 0 atom stereocenters. The molecule has 2 nitrogen and oxygen atoms in total. The van der Waals surface area contributed by atoms with Gasteiger partial charge in [0.05, 0.1) is 26.2 Å². The fraction of sp³-hybridized carbons (Fsp3) is 1.00. The number of quaternary nitrogens is 1. The van der Waals surface area contributed by atoms with Crippen molar-refractivity contribution in [3.63, 3.8) is 0 Å². The van der Waals surface area contributed by atoms with Crippen molar-refractivity contribution in [3.05, 3.63) is 0 Å². The summed E-state index contributed by atoms with van der Waals surface area (Å²) in [5.74, 6) is 2.24. The highest BCUT2D eigenvalue weighted by Crippen LogP contribution is 2.20. The third kappa shape index (κ3) is 8.10. The Labute approximate surface area is 115 Å². The predicted molar refractivity (Wildman–Crippen MR) is 80.6 cm³/mol. The summed E-state index contributed by atoms with van der Waals surface area (Å²) in [5, 5.41) is 9.00. The number of aliphatic hydroxyl groups excluding tert-OH is 1. The van der Waals surface area contributed by atoms with Gasteiger partial charge < -0.3 is 9.59 Å². The quantitative estimate of drug-likeness (QED) is 0.469. The lowest BCUT2D eigenvalue weighted by Crippen LogP contribution is -2.54. The van der Waals surface area contributed by atoms with Crippen LogP contribution < -0.4 is 0 Å². The van der Waals surface area contributed by atoms with Gasteiger partial charge in [-0.05, 0) is 12.8 Å². The molecule has 0 unspecified atom stereocenters. The molecular formula is C16H36NO+. The van der Waals surface area contributed by atoms with Gasteiger partial charge in [-0.1, -0.05) is 41.5 Å². The molecule has 0 aromatic carbocycles. The molecule has 0 bridgehead atoms. The lowest BCUT2D eigenvalue weighted by molar-refractivity contribution is -0.936. The maximum Gasteiger partial charge on any atom is 0.0810 e. The average Bonchev–Trinajstić information content (AvgIpc) is 2.13. The lowest BCUT2D eigenvalue weighted by atomic mass is 10.0. The first-order valence-electron chi connectivity index (χ1n) is 7.77. The molecule has 18 heavy (non-hydrogen) atoms. The van der Waals surface area contributed by atoms with E-state index in [0.29, 0.717) is 6.61 Å². The summed E-state index contributed by atoms with van der Waals surface area (Å²) >= 11 is 0. The van der Waals surface area contributed by atoms with Crippen LogP contribution in [-0.2, 0) is 0 Å². The minimum atomic E-state index is 0.338. The monoisotopic (exact) mass is 258 g/mol. The first-order valence-corrected chi connectivity index (χ1v) is 7.77. The minimum absolute atomic E-state index is 0.338. The van der Waals surface area contributed by atoms with Crippen molar-refractivity contribution >= 4 is 0 Å².